The van der Waals surface area contributed by atoms with E-state index in [2.05, 4.69) is 13.8 Å². The van der Waals surface area contributed by atoms with Crippen LogP contribution in [0.4, 0.5) is 0 Å². The number of rotatable bonds is 4. The van der Waals surface area contributed by atoms with Crippen LogP contribution in [0.1, 0.15) is 25.0 Å². The van der Waals surface area contributed by atoms with E-state index in [0.29, 0.717) is 5.92 Å². The van der Waals surface area contributed by atoms with Gasteiger partial charge in [-0.2, -0.15) is 8.42 Å². The summed E-state index contributed by atoms with van der Waals surface area (Å²) in [5, 5.41) is 0.782. The van der Waals surface area contributed by atoms with E-state index in [1.807, 2.05) is 24.3 Å². The van der Waals surface area contributed by atoms with Crippen molar-refractivity contribution in [2.24, 2.45) is 5.92 Å². The Balaban J connectivity index is 0.00000256. The molecule has 17 heavy (non-hydrogen) atoms. The molecule has 0 aliphatic heterocycles. The van der Waals surface area contributed by atoms with Crippen LogP contribution in [0.15, 0.2) is 29.7 Å². The molecule has 0 aliphatic rings. The fraction of sp³-hybridized carbons (Fsp3) is 0.333. The number of hydrogen-bond acceptors (Lipinski definition) is 2. The molecule has 1 N–H and O–H groups in total. The Labute approximate surface area is 125 Å². The van der Waals surface area contributed by atoms with Gasteiger partial charge in [0, 0.05) is 0 Å². The second-order valence-electron chi connectivity index (χ2n) is 4.16. The second kappa shape index (κ2) is 7.34. The van der Waals surface area contributed by atoms with Crippen molar-refractivity contribution in [1.29, 1.82) is 0 Å². The molecule has 1 aromatic rings. The van der Waals surface area contributed by atoms with Crippen molar-refractivity contribution < 1.29 is 13.0 Å². The summed E-state index contributed by atoms with van der Waals surface area (Å²) in [6.45, 7) is 4.29. The van der Waals surface area contributed by atoms with E-state index in [4.69, 9.17) is 4.55 Å². The van der Waals surface area contributed by atoms with Crippen LogP contribution in [-0.4, -0.2) is 42.5 Å². The standard InChI is InChI=1S/C12H16O3S.Na.H/c1-10(2)9-12-5-3-11(4-6-12)7-8-16(13,14)15;;/h3-8,10H,9H2,1-2H3,(H,13,14,15);;/b8-7+;;. The molecule has 90 valence electrons. The predicted molar refractivity (Wildman–Crippen MR) is 72.7 cm³/mol. The molecule has 0 saturated carbocycles. The summed E-state index contributed by atoms with van der Waals surface area (Å²) in [5.74, 6) is 0.596. The topological polar surface area (TPSA) is 54.4 Å². The van der Waals surface area contributed by atoms with E-state index < -0.39 is 10.1 Å². The van der Waals surface area contributed by atoms with Crippen LogP contribution in [0.25, 0.3) is 6.08 Å². The van der Waals surface area contributed by atoms with Gasteiger partial charge in [0.05, 0.1) is 5.41 Å². The Kier molecular flexibility index (Phi) is 7.28. The molecule has 1 rings (SSSR count). The van der Waals surface area contributed by atoms with Gasteiger partial charge in [0.25, 0.3) is 10.1 Å². The average molecular weight is 264 g/mol. The molecule has 0 amide bonds. The van der Waals surface area contributed by atoms with Gasteiger partial charge in [-0.3, -0.25) is 4.55 Å². The Bertz CT molecular complexity index is 461. The maximum absolute atomic E-state index is 10.5. The molecule has 0 aromatic heterocycles. The normalized spacial score (nSPS) is 11.8. The fourth-order valence-electron chi connectivity index (χ4n) is 1.40. The van der Waals surface area contributed by atoms with E-state index in [0.717, 1.165) is 17.4 Å². The van der Waals surface area contributed by atoms with Crippen LogP contribution in [0, 0.1) is 5.92 Å². The van der Waals surface area contributed by atoms with Gasteiger partial charge in [0.1, 0.15) is 0 Å². The zero-order chi connectivity index (χ0) is 12.2. The van der Waals surface area contributed by atoms with Gasteiger partial charge >= 0.3 is 29.6 Å². The zero-order valence-corrected chi connectivity index (χ0v) is 10.2. The molecule has 3 nitrogen and oxygen atoms in total. The summed E-state index contributed by atoms with van der Waals surface area (Å²) in [6.07, 6.45) is 2.37. The number of hydrogen-bond donors (Lipinski definition) is 1. The van der Waals surface area contributed by atoms with E-state index in [1.165, 1.54) is 11.6 Å². The van der Waals surface area contributed by atoms with Crippen LogP contribution in [-0.2, 0) is 16.5 Å². The van der Waals surface area contributed by atoms with Gasteiger partial charge in [0.2, 0.25) is 0 Å². The quantitative estimate of drug-likeness (QED) is 0.669. The van der Waals surface area contributed by atoms with E-state index in [9.17, 15) is 8.42 Å². The summed E-state index contributed by atoms with van der Waals surface area (Å²) in [6, 6.07) is 7.59. The minimum absolute atomic E-state index is 0. The van der Waals surface area contributed by atoms with E-state index in [-0.39, 0.29) is 29.6 Å². The summed E-state index contributed by atoms with van der Waals surface area (Å²) < 4.78 is 29.5. The predicted octanol–water partition coefficient (Wildman–Crippen LogP) is 2.10. The molecule has 0 unspecified atom stereocenters. The average Bonchev–Trinajstić information content (AvgIpc) is 2.14. The van der Waals surface area contributed by atoms with Crippen LogP contribution in [0.2, 0.25) is 0 Å². The molecule has 0 aliphatic carbocycles. The third kappa shape index (κ3) is 7.73. The van der Waals surface area contributed by atoms with Gasteiger partial charge in [-0.1, -0.05) is 38.1 Å². The Morgan fingerprint density at radius 2 is 1.76 bits per heavy atom. The number of benzene rings is 1. The molecule has 1 aromatic carbocycles. The first kappa shape index (κ1) is 16.9. The molecule has 0 atom stereocenters. The van der Waals surface area contributed by atoms with Gasteiger partial charge in [-0.25, -0.2) is 0 Å². The Morgan fingerprint density at radius 1 is 1.24 bits per heavy atom. The first-order valence-electron chi connectivity index (χ1n) is 5.11. The minimum atomic E-state index is -4.03. The summed E-state index contributed by atoms with van der Waals surface area (Å²) in [7, 11) is -4.03. The molecule has 0 heterocycles. The van der Waals surface area contributed by atoms with E-state index >= 15 is 0 Å². The third-order valence-electron chi connectivity index (χ3n) is 2.06. The Hall–Kier alpha value is -0.130. The van der Waals surface area contributed by atoms with Crippen molar-refractivity contribution in [3.8, 4) is 0 Å². The van der Waals surface area contributed by atoms with Crippen molar-refractivity contribution in [2.45, 2.75) is 20.3 Å². The SMILES string of the molecule is CC(C)Cc1ccc(/C=C/S(=O)(=O)O)cc1.[NaH]. The molecule has 0 fully saturated rings. The van der Waals surface area contributed by atoms with Crippen molar-refractivity contribution in [1.82, 2.24) is 0 Å². The Morgan fingerprint density at radius 3 is 2.18 bits per heavy atom. The maximum atomic E-state index is 10.5. The first-order valence-corrected chi connectivity index (χ1v) is 6.61. The van der Waals surface area contributed by atoms with Gasteiger partial charge in [0.15, 0.2) is 0 Å². The molecule has 0 radical (unpaired) electrons. The molecule has 0 spiro atoms. The van der Waals surface area contributed by atoms with E-state index in [1.54, 1.807) is 0 Å². The van der Waals surface area contributed by atoms with Crippen LogP contribution in [0.3, 0.4) is 0 Å². The van der Waals surface area contributed by atoms with Crippen molar-refractivity contribution in [3.05, 3.63) is 40.8 Å². The van der Waals surface area contributed by atoms with Crippen molar-refractivity contribution in [2.75, 3.05) is 0 Å². The van der Waals surface area contributed by atoms with Crippen LogP contribution >= 0.6 is 0 Å². The second-order valence-corrected chi connectivity index (χ2v) is 5.46. The van der Waals surface area contributed by atoms with Gasteiger partial charge < -0.3 is 0 Å². The first-order chi connectivity index (χ1) is 7.37. The summed E-state index contributed by atoms with van der Waals surface area (Å²) in [5.41, 5.74) is 1.98. The molecular weight excluding hydrogens is 247 g/mol. The summed E-state index contributed by atoms with van der Waals surface area (Å²) >= 11 is 0. The van der Waals surface area contributed by atoms with Crippen molar-refractivity contribution >= 4 is 45.8 Å². The van der Waals surface area contributed by atoms with Gasteiger partial charge in [-0.05, 0) is 29.5 Å². The molecule has 0 saturated heterocycles. The monoisotopic (exact) mass is 264 g/mol. The third-order valence-corrected chi connectivity index (χ3v) is 2.54. The van der Waals surface area contributed by atoms with Crippen LogP contribution < -0.4 is 0 Å². The van der Waals surface area contributed by atoms with Crippen molar-refractivity contribution in [3.63, 3.8) is 0 Å². The van der Waals surface area contributed by atoms with Crippen LogP contribution in [0.5, 0.6) is 0 Å². The molecule has 5 heteroatoms. The molecule has 0 bridgehead atoms. The van der Waals surface area contributed by atoms with Gasteiger partial charge in [-0.15, -0.1) is 0 Å². The zero-order valence-electron chi connectivity index (χ0n) is 9.42. The molecular formula is C12H17NaO3S. The summed E-state index contributed by atoms with van der Waals surface area (Å²) in [4.78, 5) is 0. The fourth-order valence-corrected chi connectivity index (χ4v) is 1.73.